The summed E-state index contributed by atoms with van der Waals surface area (Å²) in [4.78, 5) is 0. The lowest BCUT2D eigenvalue weighted by molar-refractivity contribution is 0.244. The number of nitrogens with one attached hydrogen (secondary N) is 1. The molecule has 0 spiro atoms. The van der Waals surface area contributed by atoms with E-state index in [0.717, 1.165) is 32.2 Å². The molecule has 1 heterocycles. The van der Waals surface area contributed by atoms with E-state index in [1.165, 1.54) is 6.42 Å². The van der Waals surface area contributed by atoms with Crippen LogP contribution in [0.5, 0.6) is 0 Å². The molecule has 1 aliphatic carbocycles. The van der Waals surface area contributed by atoms with E-state index in [2.05, 4.69) is 5.32 Å². The highest BCUT2D eigenvalue weighted by Crippen LogP contribution is 2.25. The number of hydrogen-bond donors (Lipinski definition) is 1. The summed E-state index contributed by atoms with van der Waals surface area (Å²) < 4.78 is 28.4. The van der Waals surface area contributed by atoms with Gasteiger partial charge in [0, 0.05) is 38.8 Å². The summed E-state index contributed by atoms with van der Waals surface area (Å²) >= 11 is 0. The SMILES string of the molecule is CC1CN(S(=O)(=O)N(C)C2CCCCC2)CCN1.Cl. The predicted molar refractivity (Wildman–Crippen MR) is 79.8 cm³/mol. The Morgan fingerprint density at radius 3 is 2.42 bits per heavy atom. The van der Waals surface area contributed by atoms with Gasteiger partial charge in [0.15, 0.2) is 0 Å². The van der Waals surface area contributed by atoms with Crippen molar-refractivity contribution >= 4 is 22.6 Å². The van der Waals surface area contributed by atoms with Crippen LogP contribution in [0, 0.1) is 0 Å². The molecule has 1 saturated heterocycles. The third kappa shape index (κ3) is 4.04. The lowest BCUT2D eigenvalue weighted by Gasteiger charge is -2.37. The maximum atomic E-state index is 12.6. The highest BCUT2D eigenvalue weighted by atomic mass is 35.5. The second-order valence-corrected chi connectivity index (χ2v) is 7.52. The molecule has 1 saturated carbocycles. The fraction of sp³-hybridized carbons (Fsp3) is 1.00. The van der Waals surface area contributed by atoms with Gasteiger partial charge in [-0.15, -0.1) is 12.4 Å². The zero-order chi connectivity index (χ0) is 13.2. The first-order chi connectivity index (χ1) is 8.51. The highest BCUT2D eigenvalue weighted by molar-refractivity contribution is 7.86. The average molecular weight is 312 g/mol. The minimum absolute atomic E-state index is 0. The molecule has 1 unspecified atom stereocenters. The smallest absolute Gasteiger partial charge is 0.282 e. The minimum Gasteiger partial charge on any atom is -0.312 e. The van der Waals surface area contributed by atoms with Crippen molar-refractivity contribution in [2.75, 3.05) is 26.7 Å². The zero-order valence-electron chi connectivity index (χ0n) is 11.8. The summed E-state index contributed by atoms with van der Waals surface area (Å²) in [6, 6.07) is 0.447. The molecule has 5 nitrogen and oxygen atoms in total. The third-order valence-corrected chi connectivity index (χ3v) is 6.12. The van der Waals surface area contributed by atoms with Crippen molar-refractivity contribution in [1.29, 1.82) is 0 Å². The Hall–Kier alpha value is 0.120. The van der Waals surface area contributed by atoms with E-state index in [1.54, 1.807) is 15.7 Å². The van der Waals surface area contributed by atoms with Crippen molar-refractivity contribution in [3.63, 3.8) is 0 Å². The minimum atomic E-state index is -3.27. The number of rotatable bonds is 3. The third-order valence-electron chi connectivity index (χ3n) is 4.11. The maximum absolute atomic E-state index is 12.6. The van der Waals surface area contributed by atoms with Crippen LogP contribution in [0.4, 0.5) is 0 Å². The molecular formula is C12H26ClN3O2S. The van der Waals surface area contributed by atoms with Crippen LogP contribution in [0.15, 0.2) is 0 Å². The molecule has 0 aromatic rings. The molecule has 7 heteroatoms. The number of piperazine rings is 1. The van der Waals surface area contributed by atoms with E-state index in [1.807, 2.05) is 6.92 Å². The number of hydrogen-bond acceptors (Lipinski definition) is 3. The molecule has 0 amide bonds. The van der Waals surface area contributed by atoms with Gasteiger partial charge >= 0.3 is 0 Å². The number of nitrogens with zero attached hydrogens (tertiary/aromatic N) is 2. The van der Waals surface area contributed by atoms with E-state index in [-0.39, 0.29) is 24.5 Å². The van der Waals surface area contributed by atoms with Crippen molar-refractivity contribution in [3.05, 3.63) is 0 Å². The Balaban J connectivity index is 0.00000180. The van der Waals surface area contributed by atoms with E-state index in [0.29, 0.717) is 13.1 Å². The summed E-state index contributed by atoms with van der Waals surface area (Å²) in [5.74, 6) is 0. The highest BCUT2D eigenvalue weighted by Gasteiger charge is 2.34. The number of halogens is 1. The first-order valence-electron chi connectivity index (χ1n) is 6.98. The fourth-order valence-electron chi connectivity index (χ4n) is 2.92. The van der Waals surface area contributed by atoms with Crippen LogP contribution in [-0.4, -0.2) is 55.8 Å². The summed E-state index contributed by atoms with van der Waals surface area (Å²) in [5.41, 5.74) is 0. The molecule has 19 heavy (non-hydrogen) atoms. The summed E-state index contributed by atoms with van der Waals surface area (Å²) in [6.45, 7) is 3.95. The molecule has 0 aromatic carbocycles. The topological polar surface area (TPSA) is 52.7 Å². The lowest BCUT2D eigenvalue weighted by Crippen LogP contribution is -2.56. The summed E-state index contributed by atoms with van der Waals surface area (Å²) in [7, 11) is -1.52. The molecule has 1 aliphatic heterocycles. The quantitative estimate of drug-likeness (QED) is 0.852. The molecule has 0 aromatic heterocycles. The van der Waals surface area contributed by atoms with Crippen LogP contribution in [0.3, 0.4) is 0 Å². The van der Waals surface area contributed by atoms with Gasteiger partial charge in [-0.05, 0) is 19.8 Å². The second-order valence-electron chi connectivity index (χ2n) is 5.53. The molecular weight excluding hydrogens is 286 g/mol. The van der Waals surface area contributed by atoms with Crippen molar-refractivity contribution in [3.8, 4) is 0 Å². The standard InChI is InChI=1S/C12H25N3O2S.ClH/c1-11-10-15(9-8-13-11)18(16,17)14(2)12-6-4-3-5-7-12;/h11-13H,3-10H2,1-2H3;1H. The molecule has 1 atom stereocenters. The molecule has 2 aliphatic rings. The molecule has 114 valence electrons. The van der Waals surface area contributed by atoms with Gasteiger partial charge in [0.1, 0.15) is 0 Å². The maximum Gasteiger partial charge on any atom is 0.282 e. The van der Waals surface area contributed by atoms with Gasteiger partial charge in [-0.1, -0.05) is 19.3 Å². The molecule has 0 bridgehead atoms. The van der Waals surface area contributed by atoms with Gasteiger partial charge in [-0.3, -0.25) is 0 Å². The van der Waals surface area contributed by atoms with Crippen LogP contribution in [0.1, 0.15) is 39.0 Å². The fourth-order valence-corrected chi connectivity index (χ4v) is 4.61. The molecule has 0 radical (unpaired) electrons. The van der Waals surface area contributed by atoms with Gasteiger partial charge in [0.2, 0.25) is 0 Å². The Kier molecular flexibility index (Phi) is 6.53. The lowest BCUT2D eigenvalue weighted by atomic mass is 9.96. The largest absolute Gasteiger partial charge is 0.312 e. The van der Waals surface area contributed by atoms with E-state index < -0.39 is 10.2 Å². The van der Waals surface area contributed by atoms with Crippen LogP contribution in [0.2, 0.25) is 0 Å². The first-order valence-corrected chi connectivity index (χ1v) is 8.38. The second kappa shape index (κ2) is 7.22. The summed E-state index contributed by atoms with van der Waals surface area (Å²) in [5, 5.41) is 3.28. The van der Waals surface area contributed by atoms with Crippen molar-refractivity contribution in [1.82, 2.24) is 13.9 Å². The predicted octanol–water partition coefficient (Wildman–Crippen LogP) is 1.21. The molecule has 1 N–H and O–H groups in total. The van der Waals surface area contributed by atoms with Crippen LogP contribution in [-0.2, 0) is 10.2 Å². The normalized spacial score (nSPS) is 27.2. The van der Waals surface area contributed by atoms with Crippen molar-refractivity contribution in [2.24, 2.45) is 0 Å². The van der Waals surface area contributed by atoms with Gasteiger partial charge in [-0.2, -0.15) is 17.0 Å². The average Bonchev–Trinajstić information content (AvgIpc) is 2.39. The van der Waals surface area contributed by atoms with E-state index in [9.17, 15) is 8.42 Å². The van der Waals surface area contributed by atoms with Crippen LogP contribution >= 0.6 is 12.4 Å². The monoisotopic (exact) mass is 311 g/mol. The van der Waals surface area contributed by atoms with Crippen LogP contribution < -0.4 is 5.32 Å². The molecule has 2 fully saturated rings. The Bertz CT molecular complexity index is 371. The zero-order valence-corrected chi connectivity index (χ0v) is 13.5. The van der Waals surface area contributed by atoms with E-state index in [4.69, 9.17) is 0 Å². The van der Waals surface area contributed by atoms with Crippen molar-refractivity contribution < 1.29 is 8.42 Å². The first kappa shape index (κ1) is 17.2. The Morgan fingerprint density at radius 2 is 1.84 bits per heavy atom. The Labute approximate surface area is 123 Å². The van der Waals surface area contributed by atoms with Gasteiger partial charge in [0.25, 0.3) is 10.2 Å². The van der Waals surface area contributed by atoms with Crippen LogP contribution in [0.25, 0.3) is 0 Å². The van der Waals surface area contributed by atoms with Gasteiger partial charge < -0.3 is 5.32 Å². The summed E-state index contributed by atoms with van der Waals surface area (Å²) in [6.07, 6.45) is 5.58. The molecule has 2 rings (SSSR count). The van der Waals surface area contributed by atoms with Gasteiger partial charge in [0.05, 0.1) is 0 Å². The van der Waals surface area contributed by atoms with E-state index >= 15 is 0 Å². The van der Waals surface area contributed by atoms with Crippen molar-refractivity contribution in [2.45, 2.75) is 51.1 Å². The Morgan fingerprint density at radius 1 is 1.21 bits per heavy atom. The van der Waals surface area contributed by atoms with Gasteiger partial charge in [-0.25, -0.2) is 0 Å².